The van der Waals surface area contributed by atoms with Gasteiger partial charge in [-0.2, -0.15) is 0 Å². The minimum atomic E-state index is -0.503. The van der Waals surface area contributed by atoms with Crippen LogP contribution in [0.4, 0.5) is 4.79 Å². The Morgan fingerprint density at radius 3 is 2.17 bits per heavy atom. The molecule has 0 aromatic carbocycles. The fourth-order valence-corrected chi connectivity index (χ4v) is 4.86. The van der Waals surface area contributed by atoms with E-state index >= 15 is 0 Å². The van der Waals surface area contributed by atoms with E-state index in [4.69, 9.17) is 9.73 Å². The molecular formula is C26H45N5O4. The number of nitrogens with one attached hydrogen (secondary N) is 1. The monoisotopic (exact) mass is 491 g/mol. The van der Waals surface area contributed by atoms with Gasteiger partial charge < -0.3 is 25.0 Å². The lowest BCUT2D eigenvalue weighted by Gasteiger charge is -2.40. The van der Waals surface area contributed by atoms with Crippen molar-refractivity contribution in [1.29, 1.82) is 0 Å². The molecule has 1 aliphatic heterocycles. The van der Waals surface area contributed by atoms with Gasteiger partial charge in [-0.1, -0.05) is 6.58 Å². The molecule has 0 atom stereocenters. The first kappa shape index (κ1) is 27.3. The van der Waals surface area contributed by atoms with Gasteiger partial charge in [-0.15, -0.1) is 0 Å². The minimum absolute atomic E-state index is 0.0305. The van der Waals surface area contributed by atoms with Crippen LogP contribution < -0.4 is 5.32 Å². The number of nitrogens with zero attached hydrogens (tertiary/aromatic N) is 4. The molecule has 3 fully saturated rings. The molecule has 2 amide bonds. The predicted molar refractivity (Wildman–Crippen MR) is 137 cm³/mol. The summed E-state index contributed by atoms with van der Waals surface area (Å²) < 4.78 is 5.53. The molecule has 198 valence electrons. The highest BCUT2D eigenvalue weighted by molar-refractivity contribution is 5.83. The Morgan fingerprint density at radius 1 is 1.06 bits per heavy atom. The van der Waals surface area contributed by atoms with E-state index in [1.54, 1.807) is 16.7 Å². The van der Waals surface area contributed by atoms with Crippen LogP contribution in [0.2, 0.25) is 0 Å². The lowest BCUT2D eigenvalue weighted by atomic mass is 9.92. The second-order valence-corrected chi connectivity index (χ2v) is 11.3. The Labute approximate surface area is 210 Å². The molecule has 0 aromatic rings. The van der Waals surface area contributed by atoms with Crippen LogP contribution in [0, 0.1) is 5.92 Å². The number of aliphatic hydroxyl groups is 1. The van der Waals surface area contributed by atoms with Gasteiger partial charge in [0.05, 0.1) is 6.10 Å². The van der Waals surface area contributed by atoms with Gasteiger partial charge in [0, 0.05) is 45.7 Å². The zero-order valence-corrected chi connectivity index (χ0v) is 22.3. The average Bonchev–Trinajstić information content (AvgIpc) is 3.61. The van der Waals surface area contributed by atoms with E-state index in [-0.39, 0.29) is 30.2 Å². The highest BCUT2D eigenvalue weighted by Gasteiger charge is 2.32. The van der Waals surface area contributed by atoms with Gasteiger partial charge in [-0.05, 0) is 78.1 Å². The van der Waals surface area contributed by atoms with Crippen molar-refractivity contribution in [2.24, 2.45) is 10.9 Å². The summed E-state index contributed by atoms with van der Waals surface area (Å²) in [7, 11) is 2.02. The Morgan fingerprint density at radius 2 is 1.66 bits per heavy atom. The maximum Gasteiger partial charge on any atom is 0.410 e. The third kappa shape index (κ3) is 8.12. The third-order valence-electron chi connectivity index (χ3n) is 7.11. The number of guanidine groups is 1. The summed E-state index contributed by atoms with van der Waals surface area (Å²) in [6.45, 7) is 13.4. The minimum Gasteiger partial charge on any atom is -0.444 e. The Kier molecular flexibility index (Phi) is 9.07. The molecule has 0 radical (unpaired) electrons. The molecule has 35 heavy (non-hydrogen) atoms. The Hall–Kier alpha value is -2.29. The van der Waals surface area contributed by atoms with Crippen molar-refractivity contribution in [3.8, 4) is 0 Å². The van der Waals surface area contributed by atoms with Gasteiger partial charge in [0.15, 0.2) is 5.96 Å². The van der Waals surface area contributed by atoms with Crippen molar-refractivity contribution in [2.75, 3.05) is 26.7 Å². The molecule has 2 aliphatic carbocycles. The van der Waals surface area contributed by atoms with Crippen molar-refractivity contribution in [2.45, 2.75) is 103 Å². The zero-order chi connectivity index (χ0) is 25.8. The number of likely N-dealkylation sites (tertiary alicyclic amines) is 1. The van der Waals surface area contributed by atoms with E-state index < -0.39 is 5.60 Å². The first-order valence-electron chi connectivity index (χ1n) is 13.1. The van der Waals surface area contributed by atoms with Gasteiger partial charge in [-0.25, -0.2) is 4.79 Å². The number of carbonyl (C=O) groups is 2. The van der Waals surface area contributed by atoms with Crippen LogP contribution in [0.3, 0.4) is 0 Å². The lowest BCUT2D eigenvalue weighted by molar-refractivity contribution is -0.130. The highest BCUT2D eigenvalue weighted by Crippen LogP contribution is 2.29. The molecule has 0 spiro atoms. The standard InChI is InChI=1S/C26H45N5O4/c1-18(31(19(2)32)22-9-11-23(33)12-10-22)28-24(27-17-20-7-8-20)29(6)21-13-15-30(16-14-21)25(34)35-26(3,4)5/h20-23,33H,1,7-17H2,2-6H3,(H,27,28). The molecule has 3 rings (SSSR count). The summed E-state index contributed by atoms with van der Waals surface area (Å²) in [5.74, 6) is 1.83. The summed E-state index contributed by atoms with van der Waals surface area (Å²) in [6, 6.07) is 0.241. The zero-order valence-electron chi connectivity index (χ0n) is 22.3. The molecule has 0 aromatic heterocycles. The summed E-state index contributed by atoms with van der Waals surface area (Å²) in [4.78, 5) is 35.5. The number of rotatable bonds is 6. The van der Waals surface area contributed by atoms with Crippen LogP contribution in [0.1, 0.15) is 79.1 Å². The second-order valence-electron chi connectivity index (χ2n) is 11.3. The van der Waals surface area contributed by atoms with Crippen molar-refractivity contribution in [3.05, 3.63) is 12.4 Å². The summed E-state index contributed by atoms with van der Waals surface area (Å²) in [6.07, 6.45) is 6.40. The topological polar surface area (TPSA) is 97.7 Å². The van der Waals surface area contributed by atoms with Gasteiger partial charge in [0.2, 0.25) is 5.91 Å². The molecule has 0 unspecified atom stereocenters. The molecule has 9 nitrogen and oxygen atoms in total. The molecule has 2 saturated carbocycles. The van der Waals surface area contributed by atoms with Crippen LogP contribution in [-0.4, -0.2) is 88.2 Å². The second kappa shape index (κ2) is 11.6. The van der Waals surface area contributed by atoms with Crippen LogP contribution in [0.5, 0.6) is 0 Å². The van der Waals surface area contributed by atoms with Crippen molar-refractivity contribution >= 4 is 18.0 Å². The third-order valence-corrected chi connectivity index (χ3v) is 7.11. The maximum atomic E-state index is 12.6. The lowest BCUT2D eigenvalue weighted by Crippen LogP contribution is -2.53. The van der Waals surface area contributed by atoms with Crippen molar-refractivity contribution < 1.29 is 19.4 Å². The van der Waals surface area contributed by atoms with Gasteiger partial charge in [0.25, 0.3) is 0 Å². The first-order valence-corrected chi connectivity index (χ1v) is 13.1. The molecule has 1 saturated heterocycles. The van der Waals surface area contributed by atoms with E-state index in [2.05, 4.69) is 16.8 Å². The molecule has 1 heterocycles. The SMILES string of the molecule is C=C(NC(=NCC1CC1)N(C)C1CCN(C(=O)OC(C)(C)C)CC1)N(C(C)=O)C1CCC(O)CC1. The van der Waals surface area contributed by atoms with E-state index in [1.165, 1.54) is 12.8 Å². The van der Waals surface area contributed by atoms with Crippen LogP contribution in [-0.2, 0) is 9.53 Å². The Bertz CT molecular complexity index is 788. The number of carbonyl (C=O) groups excluding carboxylic acids is 2. The predicted octanol–water partition coefficient (Wildman–Crippen LogP) is 3.30. The molecule has 0 bridgehead atoms. The summed E-state index contributed by atoms with van der Waals surface area (Å²) >= 11 is 0. The van der Waals surface area contributed by atoms with E-state index in [1.807, 2.05) is 27.8 Å². The first-order chi connectivity index (χ1) is 16.4. The molecule has 9 heteroatoms. The quantitative estimate of drug-likeness (QED) is 0.437. The fourth-order valence-electron chi connectivity index (χ4n) is 4.86. The van der Waals surface area contributed by atoms with E-state index in [9.17, 15) is 14.7 Å². The fraction of sp³-hybridized carbons (Fsp3) is 0.808. The number of aliphatic hydroxyl groups excluding tert-OH is 1. The van der Waals surface area contributed by atoms with E-state index in [0.717, 1.165) is 38.2 Å². The number of piperidine rings is 1. The average molecular weight is 492 g/mol. The van der Waals surface area contributed by atoms with Crippen LogP contribution in [0.15, 0.2) is 17.4 Å². The summed E-state index contributed by atoms with van der Waals surface area (Å²) in [5.41, 5.74) is -0.503. The maximum absolute atomic E-state index is 12.6. The van der Waals surface area contributed by atoms with Crippen molar-refractivity contribution in [3.63, 3.8) is 0 Å². The largest absolute Gasteiger partial charge is 0.444 e. The normalized spacial score (nSPS) is 24.1. The molecule has 2 N–H and O–H groups in total. The highest BCUT2D eigenvalue weighted by atomic mass is 16.6. The number of hydrogen-bond donors (Lipinski definition) is 2. The Balaban J connectivity index is 1.64. The van der Waals surface area contributed by atoms with Crippen LogP contribution in [0.25, 0.3) is 0 Å². The number of hydrogen-bond acceptors (Lipinski definition) is 5. The van der Waals surface area contributed by atoms with Crippen molar-refractivity contribution in [1.82, 2.24) is 20.0 Å². The molecule has 3 aliphatic rings. The smallest absolute Gasteiger partial charge is 0.410 e. The van der Waals surface area contributed by atoms with Gasteiger partial charge >= 0.3 is 6.09 Å². The van der Waals surface area contributed by atoms with Gasteiger partial charge in [0.1, 0.15) is 11.4 Å². The number of ether oxygens (including phenoxy) is 1. The van der Waals surface area contributed by atoms with Crippen LogP contribution >= 0.6 is 0 Å². The summed E-state index contributed by atoms with van der Waals surface area (Å²) in [5, 5.41) is 13.3. The van der Waals surface area contributed by atoms with E-state index in [0.29, 0.717) is 37.7 Å². The number of aliphatic imine (C=N–C) groups is 1. The molecular weight excluding hydrogens is 446 g/mol. The van der Waals surface area contributed by atoms with Gasteiger partial charge in [-0.3, -0.25) is 14.7 Å². The number of amides is 2.